The largest absolute Gasteiger partial charge is 0.445 e. The molecule has 0 aromatic carbocycles. The summed E-state index contributed by atoms with van der Waals surface area (Å²) in [6.07, 6.45) is 0.497. The number of nitrogens with zero attached hydrogens (tertiary/aromatic N) is 2. The Morgan fingerprint density at radius 1 is 1.32 bits per heavy atom. The van der Waals surface area contributed by atoms with Crippen molar-refractivity contribution in [2.75, 3.05) is 32.8 Å². The number of hydrogen-bond acceptors (Lipinski definition) is 5. The van der Waals surface area contributed by atoms with Gasteiger partial charge in [0.1, 0.15) is 12.2 Å². The Morgan fingerprint density at radius 3 is 2.45 bits per heavy atom. The molecule has 0 spiro atoms. The van der Waals surface area contributed by atoms with Gasteiger partial charge >= 0.3 is 12.2 Å². The highest BCUT2D eigenvalue weighted by Crippen LogP contribution is 2.23. The molecule has 1 fully saturated rings. The maximum absolute atomic E-state index is 12.1. The van der Waals surface area contributed by atoms with E-state index in [0.29, 0.717) is 6.54 Å². The minimum absolute atomic E-state index is 0.104. The number of aliphatic hydroxyl groups is 1. The van der Waals surface area contributed by atoms with Gasteiger partial charge in [0.25, 0.3) is 0 Å². The molecule has 2 amide bonds. The molecule has 1 aliphatic rings. The summed E-state index contributed by atoms with van der Waals surface area (Å²) in [5, 5.41) is 9.68. The first-order chi connectivity index (χ1) is 10.1. The highest BCUT2D eigenvalue weighted by Gasteiger charge is 2.43. The van der Waals surface area contributed by atoms with Crippen molar-refractivity contribution in [3.63, 3.8) is 0 Å². The molecular weight excluding hydrogens is 288 g/mol. The second kappa shape index (κ2) is 7.00. The first-order valence-electron chi connectivity index (χ1n) is 7.27. The molecule has 1 saturated heterocycles. The molecule has 7 nitrogen and oxygen atoms in total. The van der Waals surface area contributed by atoms with Gasteiger partial charge in [-0.2, -0.15) is 0 Å². The van der Waals surface area contributed by atoms with Crippen molar-refractivity contribution in [2.45, 2.75) is 38.8 Å². The van der Waals surface area contributed by atoms with E-state index in [0.717, 1.165) is 0 Å². The van der Waals surface area contributed by atoms with Crippen molar-refractivity contribution in [3.8, 4) is 0 Å². The van der Waals surface area contributed by atoms with Crippen LogP contribution in [0.15, 0.2) is 12.7 Å². The zero-order chi connectivity index (χ0) is 17.0. The summed E-state index contributed by atoms with van der Waals surface area (Å²) in [4.78, 5) is 27.1. The summed E-state index contributed by atoms with van der Waals surface area (Å²) < 4.78 is 10.4. The normalized spacial score (nSPS) is 22.2. The standard InChI is InChI=1S/C15H26N2O5/c1-6-9-21-13(20)17-8-7-16(10-15(17,5)11-18)12(19)22-14(2,3)4/h6,18H,1,7-11H2,2-5H3. The van der Waals surface area contributed by atoms with E-state index in [-0.39, 0.29) is 26.3 Å². The zero-order valence-electron chi connectivity index (χ0n) is 13.8. The Morgan fingerprint density at radius 2 is 1.95 bits per heavy atom. The van der Waals surface area contributed by atoms with Crippen molar-refractivity contribution in [1.82, 2.24) is 9.80 Å². The third-order valence-electron chi connectivity index (χ3n) is 3.31. The fourth-order valence-corrected chi connectivity index (χ4v) is 2.20. The summed E-state index contributed by atoms with van der Waals surface area (Å²) in [5.41, 5.74) is -1.50. The summed E-state index contributed by atoms with van der Waals surface area (Å²) >= 11 is 0. The molecule has 1 rings (SSSR count). The van der Waals surface area contributed by atoms with Gasteiger partial charge < -0.3 is 19.5 Å². The molecule has 0 aromatic rings. The van der Waals surface area contributed by atoms with E-state index < -0.39 is 23.3 Å². The lowest BCUT2D eigenvalue weighted by atomic mass is 9.98. The van der Waals surface area contributed by atoms with E-state index in [9.17, 15) is 14.7 Å². The zero-order valence-corrected chi connectivity index (χ0v) is 13.8. The van der Waals surface area contributed by atoms with Gasteiger partial charge in [-0.15, -0.1) is 0 Å². The summed E-state index contributed by atoms with van der Waals surface area (Å²) in [6.45, 7) is 11.2. The lowest BCUT2D eigenvalue weighted by Gasteiger charge is -2.47. The van der Waals surface area contributed by atoms with Gasteiger partial charge in [0.15, 0.2) is 0 Å². The highest BCUT2D eigenvalue weighted by atomic mass is 16.6. The summed E-state index contributed by atoms with van der Waals surface area (Å²) in [5.74, 6) is 0. The number of carbonyl (C=O) groups excluding carboxylic acids is 2. The van der Waals surface area contributed by atoms with Crippen LogP contribution in [0.2, 0.25) is 0 Å². The fourth-order valence-electron chi connectivity index (χ4n) is 2.20. The van der Waals surface area contributed by atoms with Crippen LogP contribution in [-0.4, -0.2) is 71.1 Å². The first-order valence-corrected chi connectivity index (χ1v) is 7.27. The van der Waals surface area contributed by atoms with E-state index in [1.54, 1.807) is 27.7 Å². The van der Waals surface area contributed by atoms with Crippen LogP contribution in [0.1, 0.15) is 27.7 Å². The number of piperazine rings is 1. The molecule has 126 valence electrons. The monoisotopic (exact) mass is 314 g/mol. The van der Waals surface area contributed by atoms with Gasteiger partial charge in [0.2, 0.25) is 0 Å². The average Bonchev–Trinajstić information content (AvgIpc) is 2.42. The Balaban J connectivity index is 2.77. The van der Waals surface area contributed by atoms with E-state index >= 15 is 0 Å². The van der Waals surface area contributed by atoms with Crippen LogP contribution in [0.5, 0.6) is 0 Å². The topological polar surface area (TPSA) is 79.3 Å². The van der Waals surface area contributed by atoms with E-state index in [1.165, 1.54) is 15.9 Å². The molecule has 1 atom stereocenters. The van der Waals surface area contributed by atoms with Gasteiger partial charge in [-0.05, 0) is 27.7 Å². The lowest BCUT2D eigenvalue weighted by molar-refractivity contribution is -0.0355. The minimum Gasteiger partial charge on any atom is -0.445 e. The number of rotatable bonds is 3. The predicted octanol–water partition coefficient (Wildman–Crippen LogP) is 1.61. The average molecular weight is 314 g/mol. The molecule has 7 heteroatoms. The van der Waals surface area contributed by atoms with Crippen LogP contribution >= 0.6 is 0 Å². The molecule has 0 saturated carbocycles. The molecule has 0 radical (unpaired) electrons. The van der Waals surface area contributed by atoms with E-state index in [1.807, 2.05) is 0 Å². The van der Waals surface area contributed by atoms with Crippen LogP contribution in [-0.2, 0) is 9.47 Å². The number of hydrogen-bond donors (Lipinski definition) is 1. The number of amides is 2. The van der Waals surface area contributed by atoms with Gasteiger partial charge in [0.05, 0.1) is 12.1 Å². The molecule has 1 heterocycles. The van der Waals surface area contributed by atoms with Gasteiger partial charge in [0, 0.05) is 19.6 Å². The molecule has 22 heavy (non-hydrogen) atoms. The first kappa shape index (κ1) is 18.3. The molecule has 1 unspecified atom stereocenters. The van der Waals surface area contributed by atoms with Gasteiger partial charge in [-0.25, -0.2) is 9.59 Å². The third kappa shape index (κ3) is 4.62. The predicted molar refractivity (Wildman–Crippen MR) is 81.5 cm³/mol. The number of carbonyl (C=O) groups is 2. The van der Waals surface area contributed by atoms with E-state index in [2.05, 4.69) is 6.58 Å². The van der Waals surface area contributed by atoms with Crippen LogP contribution in [0.4, 0.5) is 9.59 Å². The highest BCUT2D eigenvalue weighted by molar-refractivity contribution is 5.71. The Labute approximate surface area is 131 Å². The van der Waals surface area contributed by atoms with Crippen molar-refractivity contribution < 1.29 is 24.2 Å². The smallest absolute Gasteiger partial charge is 0.410 e. The quantitative estimate of drug-likeness (QED) is 0.801. The van der Waals surface area contributed by atoms with Gasteiger partial charge in [-0.1, -0.05) is 12.7 Å². The Kier molecular flexibility index (Phi) is 5.82. The maximum atomic E-state index is 12.1. The Hall–Kier alpha value is -1.76. The SMILES string of the molecule is C=CCOC(=O)N1CCN(C(=O)OC(C)(C)C)CC1(C)CO. The maximum Gasteiger partial charge on any atom is 0.410 e. The lowest BCUT2D eigenvalue weighted by Crippen LogP contribution is -2.65. The summed E-state index contributed by atoms with van der Waals surface area (Å²) in [6, 6.07) is 0. The second-order valence-electron chi connectivity index (χ2n) is 6.57. The number of aliphatic hydroxyl groups excluding tert-OH is 1. The van der Waals surface area contributed by atoms with Crippen molar-refractivity contribution in [1.29, 1.82) is 0 Å². The minimum atomic E-state index is -0.909. The van der Waals surface area contributed by atoms with Crippen LogP contribution < -0.4 is 0 Å². The fraction of sp³-hybridized carbons (Fsp3) is 0.733. The van der Waals surface area contributed by atoms with E-state index in [4.69, 9.17) is 9.47 Å². The molecule has 1 N–H and O–H groups in total. The van der Waals surface area contributed by atoms with Crippen LogP contribution in [0.3, 0.4) is 0 Å². The van der Waals surface area contributed by atoms with Gasteiger partial charge in [-0.3, -0.25) is 4.90 Å². The van der Waals surface area contributed by atoms with Crippen molar-refractivity contribution >= 4 is 12.2 Å². The third-order valence-corrected chi connectivity index (χ3v) is 3.31. The Bertz CT molecular complexity index is 432. The molecule has 0 bridgehead atoms. The molecular formula is C15H26N2O5. The van der Waals surface area contributed by atoms with Crippen molar-refractivity contribution in [2.24, 2.45) is 0 Å². The molecule has 0 aliphatic carbocycles. The second-order valence-corrected chi connectivity index (χ2v) is 6.57. The number of ether oxygens (including phenoxy) is 2. The molecule has 1 aliphatic heterocycles. The van der Waals surface area contributed by atoms with Crippen LogP contribution in [0, 0.1) is 0 Å². The molecule has 0 aromatic heterocycles. The van der Waals surface area contributed by atoms with Crippen molar-refractivity contribution in [3.05, 3.63) is 12.7 Å². The summed E-state index contributed by atoms with van der Waals surface area (Å²) in [7, 11) is 0. The van der Waals surface area contributed by atoms with Crippen LogP contribution in [0.25, 0.3) is 0 Å².